The van der Waals surface area contributed by atoms with Gasteiger partial charge in [0.2, 0.25) is 0 Å². The third-order valence-electron chi connectivity index (χ3n) is 3.10. The summed E-state index contributed by atoms with van der Waals surface area (Å²) in [6, 6.07) is 5.39. The third-order valence-corrected chi connectivity index (χ3v) is 3.10. The standard InChI is InChI=1S/C14H15F2N3/c1-8-5-6-10(15)11(12(8)16)14(19-17)13-9(2)4-3-7-18-13/h3-7,14,19H,17H2,1-2H3. The number of nitrogens with two attached hydrogens (primary N) is 1. The molecule has 0 aliphatic rings. The number of pyridine rings is 1. The van der Waals surface area contributed by atoms with Crippen LogP contribution >= 0.6 is 0 Å². The second kappa shape index (κ2) is 5.42. The molecule has 0 radical (unpaired) electrons. The highest BCUT2D eigenvalue weighted by atomic mass is 19.1. The normalized spacial score (nSPS) is 12.5. The highest BCUT2D eigenvalue weighted by molar-refractivity contribution is 5.36. The quantitative estimate of drug-likeness (QED) is 0.661. The molecule has 19 heavy (non-hydrogen) atoms. The second-order valence-electron chi connectivity index (χ2n) is 4.40. The number of nitrogens with one attached hydrogen (secondary N) is 1. The van der Waals surface area contributed by atoms with Crippen LogP contribution in [0.1, 0.15) is 28.4 Å². The van der Waals surface area contributed by atoms with E-state index < -0.39 is 17.7 Å². The Labute approximate surface area is 110 Å². The molecule has 0 aliphatic heterocycles. The first-order valence-electron chi connectivity index (χ1n) is 5.88. The predicted octanol–water partition coefficient (Wildman–Crippen LogP) is 2.53. The average Bonchev–Trinajstić information content (AvgIpc) is 2.40. The van der Waals surface area contributed by atoms with Crippen LogP contribution in [0.15, 0.2) is 30.5 Å². The fraction of sp³-hybridized carbons (Fsp3) is 0.214. The van der Waals surface area contributed by atoms with Crippen molar-refractivity contribution in [2.24, 2.45) is 5.84 Å². The van der Waals surface area contributed by atoms with Crippen molar-refractivity contribution in [3.05, 3.63) is 64.5 Å². The lowest BCUT2D eigenvalue weighted by atomic mass is 9.97. The Morgan fingerprint density at radius 1 is 1.16 bits per heavy atom. The smallest absolute Gasteiger partial charge is 0.134 e. The van der Waals surface area contributed by atoms with Crippen molar-refractivity contribution in [1.29, 1.82) is 0 Å². The molecule has 0 saturated carbocycles. The zero-order valence-electron chi connectivity index (χ0n) is 10.7. The first-order valence-corrected chi connectivity index (χ1v) is 5.88. The van der Waals surface area contributed by atoms with Crippen LogP contribution in [0.25, 0.3) is 0 Å². The van der Waals surface area contributed by atoms with Gasteiger partial charge in [-0.2, -0.15) is 0 Å². The highest BCUT2D eigenvalue weighted by Crippen LogP contribution is 2.28. The summed E-state index contributed by atoms with van der Waals surface area (Å²) in [5.41, 5.74) is 4.02. The molecule has 0 aliphatic carbocycles. The van der Waals surface area contributed by atoms with Gasteiger partial charge < -0.3 is 0 Å². The van der Waals surface area contributed by atoms with E-state index in [1.165, 1.54) is 12.1 Å². The topological polar surface area (TPSA) is 50.9 Å². The molecule has 0 amide bonds. The molecule has 0 spiro atoms. The number of aryl methyl sites for hydroxylation is 2. The van der Waals surface area contributed by atoms with E-state index in [1.807, 2.05) is 13.0 Å². The van der Waals surface area contributed by atoms with Gasteiger partial charge in [0, 0.05) is 11.8 Å². The van der Waals surface area contributed by atoms with E-state index >= 15 is 0 Å². The number of rotatable bonds is 3. The van der Waals surface area contributed by atoms with Crippen molar-refractivity contribution in [3.63, 3.8) is 0 Å². The molecular weight excluding hydrogens is 248 g/mol. The lowest BCUT2D eigenvalue weighted by Gasteiger charge is -2.19. The van der Waals surface area contributed by atoms with Crippen molar-refractivity contribution < 1.29 is 8.78 Å². The van der Waals surface area contributed by atoms with Crippen LogP contribution in [0.5, 0.6) is 0 Å². The van der Waals surface area contributed by atoms with Gasteiger partial charge in [-0.1, -0.05) is 12.1 Å². The van der Waals surface area contributed by atoms with Crippen molar-refractivity contribution in [1.82, 2.24) is 10.4 Å². The van der Waals surface area contributed by atoms with Gasteiger partial charge in [-0.05, 0) is 37.1 Å². The number of aromatic nitrogens is 1. The Morgan fingerprint density at radius 2 is 1.89 bits per heavy atom. The average molecular weight is 263 g/mol. The second-order valence-corrected chi connectivity index (χ2v) is 4.40. The summed E-state index contributed by atoms with van der Waals surface area (Å²) in [4.78, 5) is 4.16. The lowest BCUT2D eigenvalue weighted by Crippen LogP contribution is -2.31. The Balaban J connectivity index is 2.61. The Morgan fingerprint density at radius 3 is 2.53 bits per heavy atom. The van der Waals surface area contributed by atoms with Gasteiger partial charge in [0.1, 0.15) is 11.6 Å². The summed E-state index contributed by atoms with van der Waals surface area (Å²) < 4.78 is 28.1. The van der Waals surface area contributed by atoms with Gasteiger partial charge in [-0.25, -0.2) is 14.2 Å². The Kier molecular flexibility index (Phi) is 3.87. The molecule has 2 aromatic rings. The van der Waals surface area contributed by atoms with Crippen molar-refractivity contribution in [3.8, 4) is 0 Å². The van der Waals surface area contributed by atoms with Crippen LogP contribution in [0, 0.1) is 25.5 Å². The Bertz CT molecular complexity index is 599. The number of halogens is 2. The maximum Gasteiger partial charge on any atom is 0.134 e. The third kappa shape index (κ3) is 2.47. The summed E-state index contributed by atoms with van der Waals surface area (Å²) in [5, 5.41) is 0. The van der Waals surface area contributed by atoms with E-state index in [0.717, 1.165) is 5.56 Å². The van der Waals surface area contributed by atoms with Crippen LogP contribution in [-0.4, -0.2) is 4.98 Å². The number of hydrazine groups is 1. The zero-order valence-corrected chi connectivity index (χ0v) is 10.7. The van der Waals surface area contributed by atoms with Crippen LogP contribution in [0.2, 0.25) is 0 Å². The van der Waals surface area contributed by atoms with Crippen molar-refractivity contribution in [2.75, 3.05) is 0 Å². The first-order chi connectivity index (χ1) is 9.06. The van der Waals surface area contributed by atoms with E-state index in [1.54, 1.807) is 19.2 Å². The Hall–Kier alpha value is -1.85. The molecule has 2 rings (SSSR count). The zero-order chi connectivity index (χ0) is 14.0. The molecule has 1 aromatic heterocycles. The number of hydrogen-bond donors (Lipinski definition) is 2. The fourth-order valence-corrected chi connectivity index (χ4v) is 2.04. The molecule has 1 atom stereocenters. The number of benzene rings is 1. The first kappa shape index (κ1) is 13.6. The van der Waals surface area contributed by atoms with Crippen molar-refractivity contribution in [2.45, 2.75) is 19.9 Å². The van der Waals surface area contributed by atoms with Crippen LogP contribution in [0.4, 0.5) is 8.78 Å². The van der Waals surface area contributed by atoms with E-state index in [0.29, 0.717) is 11.3 Å². The van der Waals surface area contributed by atoms with E-state index in [9.17, 15) is 8.78 Å². The molecule has 3 nitrogen and oxygen atoms in total. The minimum atomic E-state index is -0.818. The minimum absolute atomic E-state index is 0.107. The molecule has 0 bridgehead atoms. The van der Waals surface area contributed by atoms with Gasteiger partial charge in [0.05, 0.1) is 11.7 Å². The number of nitrogens with zero attached hydrogens (tertiary/aromatic N) is 1. The summed E-state index contributed by atoms with van der Waals surface area (Å²) in [7, 11) is 0. The van der Waals surface area contributed by atoms with Crippen LogP contribution in [0.3, 0.4) is 0 Å². The highest BCUT2D eigenvalue weighted by Gasteiger charge is 2.24. The van der Waals surface area contributed by atoms with Gasteiger partial charge in [0.15, 0.2) is 0 Å². The summed E-state index contributed by atoms with van der Waals surface area (Å²) in [6.07, 6.45) is 1.57. The summed E-state index contributed by atoms with van der Waals surface area (Å²) in [6.45, 7) is 3.40. The molecular formula is C14H15F2N3. The molecule has 100 valence electrons. The molecule has 1 aromatic carbocycles. The monoisotopic (exact) mass is 263 g/mol. The number of hydrogen-bond acceptors (Lipinski definition) is 3. The molecule has 1 unspecified atom stereocenters. The molecule has 0 fully saturated rings. The largest absolute Gasteiger partial charge is 0.271 e. The van der Waals surface area contributed by atoms with E-state index in [-0.39, 0.29) is 5.56 Å². The van der Waals surface area contributed by atoms with Gasteiger partial charge >= 0.3 is 0 Å². The van der Waals surface area contributed by atoms with Crippen LogP contribution in [-0.2, 0) is 0 Å². The summed E-state index contributed by atoms with van der Waals surface area (Å²) >= 11 is 0. The van der Waals surface area contributed by atoms with Crippen LogP contribution < -0.4 is 11.3 Å². The molecule has 1 heterocycles. The molecule has 3 N–H and O–H groups in total. The predicted molar refractivity (Wildman–Crippen MR) is 69.2 cm³/mol. The molecule has 5 heteroatoms. The molecule has 0 saturated heterocycles. The SMILES string of the molecule is Cc1cccnc1C(NN)c1c(F)ccc(C)c1F. The van der Waals surface area contributed by atoms with Gasteiger partial charge in [-0.15, -0.1) is 0 Å². The summed E-state index contributed by atoms with van der Waals surface area (Å²) in [5.74, 6) is 4.22. The minimum Gasteiger partial charge on any atom is -0.271 e. The fourth-order valence-electron chi connectivity index (χ4n) is 2.04. The van der Waals surface area contributed by atoms with Crippen molar-refractivity contribution >= 4 is 0 Å². The van der Waals surface area contributed by atoms with E-state index in [4.69, 9.17) is 5.84 Å². The maximum atomic E-state index is 14.2. The van der Waals surface area contributed by atoms with E-state index in [2.05, 4.69) is 10.4 Å². The lowest BCUT2D eigenvalue weighted by molar-refractivity contribution is 0.500. The van der Waals surface area contributed by atoms with Gasteiger partial charge in [0.25, 0.3) is 0 Å². The maximum absolute atomic E-state index is 14.2. The van der Waals surface area contributed by atoms with Gasteiger partial charge in [-0.3, -0.25) is 10.8 Å².